The SMILES string of the molecule is COC(=O)[C@@H]1Cc2c([nH]c3ccccc23)[C@H]2C[C@@H](N3CCOCC3)C[C@@H](c3ccc(F)cc3)N21. The number of hydrogen-bond donors (Lipinski definition) is 1. The molecule has 0 spiro atoms. The van der Waals surface area contributed by atoms with Crippen molar-refractivity contribution >= 4 is 16.9 Å². The van der Waals surface area contributed by atoms with E-state index in [2.05, 4.69) is 33.0 Å². The Labute approximate surface area is 198 Å². The van der Waals surface area contributed by atoms with E-state index in [1.54, 1.807) is 0 Å². The van der Waals surface area contributed by atoms with Crippen LogP contribution in [0, 0.1) is 5.82 Å². The number of nitrogens with one attached hydrogen (secondary N) is 1. The molecule has 0 radical (unpaired) electrons. The van der Waals surface area contributed by atoms with Crippen LogP contribution in [0.25, 0.3) is 10.9 Å². The topological polar surface area (TPSA) is 57.8 Å². The molecule has 178 valence electrons. The largest absolute Gasteiger partial charge is 0.468 e. The van der Waals surface area contributed by atoms with Crippen molar-refractivity contribution < 1.29 is 18.7 Å². The number of morpholine rings is 1. The van der Waals surface area contributed by atoms with Crippen LogP contribution in [0.4, 0.5) is 4.39 Å². The Morgan fingerprint density at radius 3 is 2.56 bits per heavy atom. The van der Waals surface area contributed by atoms with Gasteiger partial charge < -0.3 is 14.5 Å². The first-order valence-corrected chi connectivity index (χ1v) is 12.2. The van der Waals surface area contributed by atoms with Crippen LogP contribution < -0.4 is 0 Å². The molecule has 0 bridgehead atoms. The minimum absolute atomic E-state index is 0.0177. The van der Waals surface area contributed by atoms with Gasteiger partial charge >= 0.3 is 5.97 Å². The zero-order chi connectivity index (χ0) is 23.2. The van der Waals surface area contributed by atoms with Crippen molar-refractivity contribution in [2.24, 2.45) is 0 Å². The predicted molar refractivity (Wildman–Crippen MR) is 127 cm³/mol. The van der Waals surface area contributed by atoms with Gasteiger partial charge in [0.2, 0.25) is 0 Å². The minimum atomic E-state index is -0.387. The summed E-state index contributed by atoms with van der Waals surface area (Å²) < 4.78 is 24.7. The number of piperidine rings is 1. The molecule has 3 aromatic rings. The maximum atomic E-state index is 13.8. The smallest absolute Gasteiger partial charge is 0.323 e. The number of fused-ring (bicyclic) bond motifs is 5. The highest BCUT2D eigenvalue weighted by atomic mass is 19.1. The van der Waals surface area contributed by atoms with Crippen LogP contribution in [0.5, 0.6) is 0 Å². The number of aromatic amines is 1. The molecule has 2 aromatic carbocycles. The van der Waals surface area contributed by atoms with Crippen molar-refractivity contribution in [2.45, 2.75) is 43.4 Å². The number of carbonyl (C=O) groups excluding carboxylic acids is 1. The molecule has 0 aliphatic carbocycles. The van der Waals surface area contributed by atoms with Crippen LogP contribution in [-0.2, 0) is 20.7 Å². The van der Waals surface area contributed by atoms with Gasteiger partial charge in [0.1, 0.15) is 11.9 Å². The Morgan fingerprint density at radius 2 is 1.79 bits per heavy atom. The summed E-state index contributed by atoms with van der Waals surface area (Å²) in [6.45, 7) is 3.31. The minimum Gasteiger partial charge on any atom is -0.468 e. The quantitative estimate of drug-likeness (QED) is 0.596. The second-order valence-corrected chi connectivity index (χ2v) is 9.61. The van der Waals surface area contributed by atoms with E-state index in [1.165, 1.54) is 35.9 Å². The molecule has 0 amide bonds. The summed E-state index contributed by atoms with van der Waals surface area (Å²) in [5, 5.41) is 1.18. The van der Waals surface area contributed by atoms with E-state index in [0.717, 1.165) is 50.2 Å². The van der Waals surface area contributed by atoms with Gasteiger partial charge in [-0.15, -0.1) is 0 Å². The fourth-order valence-corrected chi connectivity index (χ4v) is 6.37. The number of nitrogens with zero attached hydrogens (tertiary/aromatic N) is 2. The van der Waals surface area contributed by atoms with E-state index >= 15 is 0 Å². The molecule has 0 saturated carbocycles. The number of carbonyl (C=O) groups is 1. The summed E-state index contributed by atoms with van der Waals surface area (Å²) in [4.78, 5) is 21.7. The average molecular weight is 464 g/mol. The van der Waals surface area contributed by atoms with Crippen LogP contribution in [0.3, 0.4) is 0 Å². The Morgan fingerprint density at radius 1 is 1.06 bits per heavy atom. The summed E-state index contributed by atoms with van der Waals surface area (Å²) >= 11 is 0. The third kappa shape index (κ3) is 3.63. The molecule has 34 heavy (non-hydrogen) atoms. The number of hydrogen-bond acceptors (Lipinski definition) is 5. The third-order valence-corrected chi connectivity index (χ3v) is 7.94. The molecule has 7 heteroatoms. The number of aromatic nitrogens is 1. The van der Waals surface area contributed by atoms with Crippen LogP contribution in [0.1, 0.15) is 41.7 Å². The van der Waals surface area contributed by atoms with Gasteiger partial charge in [0, 0.05) is 48.2 Å². The van der Waals surface area contributed by atoms with E-state index < -0.39 is 0 Å². The molecule has 2 fully saturated rings. The van der Waals surface area contributed by atoms with Gasteiger partial charge in [0.05, 0.1) is 26.4 Å². The van der Waals surface area contributed by atoms with Crippen LogP contribution in [0.2, 0.25) is 0 Å². The fourth-order valence-electron chi connectivity index (χ4n) is 6.37. The lowest BCUT2D eigenvalue weighted by Gasteiger charge is -2.52. The molecule has 1 aromatic heterocycles. The number of methoxy groups -OCH3 is 1. The first-order chi connectivity index (χ1) is 16.6. The van der Waals surface area contributed by atoms with Gasteiger partial charge in [-0.25, -0.2) is 4.39 Å². The van der Waals surface area contributed by atoms with Gasteiger partial charge in [-0.05, 0) is 42.2 Å². The molecule has 3 aliphatic rings. The van der Waals surface area contributed by atoms with Crippen LogP contribution >= 0.6 is 0 Å². The first-order valence-electron chi connectivity index (χ1n) is 12.2. The summed E-state index contributed by atoms with van der Waals surface area (Å²) in [6, 6.07) is 15.1. The Kier molecular flexibility index (Phi) is 5.63. The normalized spacial score (nSPS) is 27.8. The molecule has 6 nitrogen and oxygen atoms in total. The first kappa shape index (κ1) is 21.8. The number of halogens is 1. The highest BCUT2D eigenvalue weighted by Gasteiger charge is 2.49. The standard InChI is InChI=1S/C27H30FN3O3/c1-33-27(32)25-16-21-20-4-2-3-5-22(20)29-26(21)24-15-19(30-10-12-34-13-11-30)14-23(31(24)25)17-6-8-18(28)9-7-17/h2-9,19,23-25,29H,10-16H2,1H3/t19-,23-,24+,25-/m0/s1. The van der Waals surface area contributed by atoms with E-state index in [-0.39, 0.29) is 29.9 Å². The Hall–Kier alpha value is -2.74. The molecule has 4 heterocycles. The third-order valence-electron chi connectivity index (χ3n) is 7.94. The summed E-state index contributed by atoms with van der Waals surface area (Å²) in [7, 11) is 1.47. The van der Waals surface area contributed by atoms with E-state index in [1.807, 2.05) is 18.2 Å². The van der Waals surface area contributed by atoms with Crippen molar-refractivity contribution in [3.8, 4) is 0 Å². The maximum absolute atomic E-state index is 13.8. The van der Waals surface area contributed by atoms with Crippen molar-refractivity contribution in [3.05, 3.63) is 71.2 Å². The molecule has 3 aliphatic heterocycles. The van der Waals surface area contributed by atoms with Crippen LogP contribution in [-0.4, -0.2) is 66.2 Å². The van der Waals surface area contributed by atoms with Gasteiger partial charge in [0.25, 0.3) is 0 Å². The van der Waals surface area contributed by atoms with E-state index in [4.69, 9.17) is 9.47 Å². The lowest BCUT2D eigenvalue weighted by molar-refractivity contribution is -0.153. The molecule has 2 saturated heterocycles. The van der Waals surface area contributed by atoms with E-state index in [9.17, 15) is 9.18 Å². The van der Waals surface area contributed by atoms with Crippen molar-refractivity contribution in [1.82, 2.24) is 14.8 Å². The molecule has 0 unspecified atom stereocenters. The van der Waals surface area contributed by atoms with Crippen molar-refractivity contribution in [2.75, 3.05) is 33.4 Å². The highest BCUT2D eigenvalue weighted by molar-refractivity contribution is 5.87. The monoisotopic (exact) mass is 463 g/mol. The zero-order valence-electron chi connectivity index (χ0n) is 19.4. The molecular formula is C27H30FN3O3. The molecule has 1 N–H and O–H groups in total. The second kappa shape index (κ2) is 8.80. The summed E-state index contributed by atoms with van der Waals surface area (Å²) in [5.74, 6) is -0.459. The maximum Gasteiger partial charge on any atom is 0.323 e. The average Bonchev–Trinajstić information content (AvgIpc) is 3.27. The number of ether oxygens (including phenoxy) is 2. The van der Waals surface area contributed by atoms with Crippen molar-refractivity contribution in [3.63, 3.8) is 0 Å². The van der Waals surface area contributed by atoms with Gasteiger partial charge in [0.15, 0.2) is 0 Å². The van der Waals surface area contributed by atoms with E-state index in [0.29, 0.717) is 12.5 Å². The lowest BCUT2D eigenvalue weighted by Crippen LogP contribution is -2.57. The lowest BCUT2D eigenvalue weighted by atomic mass is 9.79. The Balaban J connectivity index is 1.49. The number of esters is 1. The van der Waals surface area contributed by atoms with Crippen LogP contribution in [0.15, 0.2) is 48.5 Å². The zero-order valence-corrected chi connectivity index (χ0v) is 19.4. The molecule has 6 rings (SSSR count). The molecular weight excluding hydrogens is 433 g/mol. The highest BCUT2D eigenvalue weighted by Crippen LogP contribution is 2.49. The predicted octanol–water partition coefficient (Wildman–Crippen LogP) is 3.98. The van der Waals surface area contributed by atoms with Gasteiger partial charge in [-0.2, -0.15) is 0 Å². The fraction of sp³-hybridized carbons (Fsp3) is 0.444. The van der Waals surface area contributed by atoms with Gasteiger partial charge in [-0.1, -0.05) is 30.3 Å². The summed E-state index contributed by atoms with van der Waals surface area (Å²) in [6.07, 6.45) is 2.40. The Bertz CT molecular complexity index is 1190. The summed E-state index contributed by atoms with van der Waals surface area (Å²) in [5.41, 5.74) is 4.56. The molecule has 4 atom stereocenters. The number of benzene rings is 2. The number of H-pyrrole nitrogens is 1. The van der Waals surface area contributed by atoms with Gasteiger partial charge in [-0.3, -0.25) is 14.6 Å². The number of para-hydroxylation sites is 1. The van der Waals surface area contributed by atoms with Crippen molar-refractivity contribution in [1.29, 1.82) is 0 Å². The second-order valence-electron chi connectivity index (χ2n) is 9.61. The number of rotatable bonds is 3.